The lowest BCUT2D eigenvalue weighted by Gasteiger charge is -2.21. The molecule has 0 saturated carbocycles. The van der Waals surface area contributed by atoms with Crippen LogP contribution in [-0.2, 0) is 65.4 Å². The maximum atomic E-state index is 13.0. The third kappa shape index (κ3) is 67.0. The highest BCUT2D eigenvalue weighted by Gasteiger charge is 2.30. The molecule has 0 heterocycles. The largest absolute Gasteiger partial charge is 0.472 e. The fourth-order valence-corrected chi connectivity index (χ4v) is 12.7. The van der Waals surface area contributed by atoms with Gasteiger partial charge in [-0.25, -0.2) is 9.13 Å². The highest BCUT2D eigenvalue weighted by Crippen LogP contribution is 2.45. The van der Waals surface area contributed by atoms with E-state index in [1.165, 1.54) is 161 Å². The molecule has 3 unspecified atom stereocenters. The Balaban J connectivity index is 5.20. The first-order chi connectivity index (χ1) is 44.6. The van der Waals surface area contributed by atoms with E-state index in [1.807, 2.05) is 0 Å². The summed E-state index contributed by atoms with van der Waals surface area (Å²) in [6, 6.07) is 0. The van der Waals surface area contributed by atoms with Crippen LogP contribution in [0.2, 0.25) is 0 Å². The molecule has 0 rings (SSSR count). The standard InChI is InChI=1S/C74H144O17P2/c1-9-67(8)53-45-37-28-22-18-14-10-11-15-19-23-29-40-48-56-74(79)91-70(61-85-72(77)55-47-39-33-32-36-44-52-66(6)7)63-89-93(82,83)87-59-68(75)58-86-92(80,81)88-62-69(60-84-71(76)54-46-38-31-25-27-35-43-51-65(4)5)90-73(78)57-49-41-30-24-20-16-12-13-17-21-26-34-42-50-64(2)3/h64-70,75H,9-63H2,1-8H3,(H,80,81)(H,82,83)/t67?,68-,69-,70-/m1/s1. The molecular weight excluding hydrogens is 1220 g/mol. The number of rotatable bonds is 71. The molecule has 0 saturated heterocycles. The fourth-order valence-electron chi connectivity index (χ4n) is 11.2. The first-order valence-electron chi connectivity index (χ1n) is 38.2. The molecule has 0 bridgehead atoms. The van der Waals surface area contributed by atoms with Gasteiger partial charge in [0.1, 0.15) is 19.3 Å². The molecule has 0 aliphatic heterocycles. The van der Waals surface area contributed by atoms with Gasteiger partial charge in [0, 0.05) is 25.7 Å². The van der Waals surface area contributed by atoms with Crippen LogP contribution in [0.4, 0.5) is 0 Å². The Bertz CT molecular complexity index is 1840. The summed E-state index contributed by atoms with van der Waals surface area (Å²) in [6.45, 7) is 14.1. The minimum Gasteiger partial charge on any atom is -0.462 e. The fraction of sp³-hybridized carbons (Fsp3) is 0.946. The lowest BCUT2D eigenvalue weighted by atomic mass is 9.99. The van der Waals surface area contributed by atoms with Crippen molar-refractivity contribution in [2.75, 3.05) is 39.6 Å². The minimum atomic E-state index is -4.95. The SMILES string of the molecule is CCC(C)CCCCCCCCCCCCCCCCC(=O)O[C@H](COC(=O)CCCCCCCCC(C)C)COP(=O)(O)OC[C@H](O)COP(=O)(O)OC[C@@H](COC(=O)CCCCCCCCCC(C)C)OC(=O)CCCCCCCCCCCCCCCC(C)C. The molecule has 0 aliphatic carbocycles. The molecule has 3 N–H and O–H groups in total. The molecule has 0 aliphatic rings. The van der Waals surface area contributed by atoms with Crippen LogP contribution in [0, 0.1) is 23.7 Å². The van der Waals surface area contributed by atoms with Crippen molar-refractivity contribution in [1.29, 1.82) is 0 Å². The normalized spacial score (nSPS) is 14.5. The second-order valence-corrected chi connectivity index (χ2v) is 31.3. The van der Waals surface area contributed by atoms with Crippen molar-refractivity contribution in [3.05, 3.63) is 0 Å². The van der Waals surface area contributed by atoms with Gasteiger partial charge in [-0.15, -0.1) is 0 Å². The van der Waals surface area contributed by atoms with Gasteiger partial charge < -0.3 is 33.8 Å². The number of esters is 4. The van der Waals surface area contributed by atoms with Crippen LogP contribution < -0.4 is 0 Å². The van der Waals surface area contributed by atoms with Gasteiger partial charge in [-0.05, 0) is 49.4 Å². The van der Waals surface area contributed by atoms with E-state index < -0.39 is 97.5 Å². The number of carbonyl (C=O) groups is 4. The molecule has 19 heteroatoms. The molecule has 0 aromatic rings. The minimum absolute atomic E-state index is 0.106. The van der Waals surface area contributed by atoms with Gasteiger partial charge in [0.2, 0.25) is 0 Å². The summed E-state index contributed by atoms with van der Waals surface area (Å²) in [7, 11) is -9.91. The number of hydrogen-bond donors (Lipinski definition) is 3. The van der Waals surface area contributed by atoms with Gasteiger partial charge in [-0.2, -0.15) is 0 Å². The van der Waals surface area contributed by atoms with E-state index in [0.29, 0.717) is 37.5 Å². The highest BCUT2D eigenvalue weighted by molar-refractivity contribution is 7.47. The quantitative estimate of drug-likeness (QED) is 0.0222. The van der Waals surface area contributed by atoms with Crippen LogP contribution in [0.15, 0.2) is 0 Å². The van der Waals surface area contributed by atoms with Crippen LogP contribution in [0.5, 0.6) is 0 Å². The summed E-state index contributed by atoms with van der Waals surface area (Å²) in [6.07, 6.45) is 47.4. The van der Waals surface area contributed by atoms with Crippen LogP contribution in [0.1, 0.15) is 370 Å². The molecule has 0 amide bonds. The highest BCUT2D eigenvalue weighted by atomic mass is 31.2. The van der Waals surface area contributed by atoms with Crippen molar-refractivity contribution in [2.45, 2.75) is 388 Å². The third-order valence-electron chi connectivity index (χ3n) is 17.4. The van der Waals surface area contributed by atoms with Gasteiger partial charge in [0.15, 0.2) is 12.2 Å². The maximum Gasteiger partial charge on any atom is 0.472 e. The Hall–Kier alpha value is -1.94. The number of phosphoric acid groups is 2. The number of phosphoric ester groups is 2. The molecule has 17 nitrogen and oxygen atoms in total. The number of ether oxygens (including phenoxy) is 4. The zero-order valence-electron chi connectivity index (χ0n) is 60.9. The molecule has 0 fully saturated rings. The Morgan fingerprint density at radius 2 is 0.516 bits per heavy atom. The van der Waals surface area contributed by atoms with Gasteiger partial charge >= 0.3 is 39.5 Å². The van der Waals surface area contributed by atoms with Crippen molar-refractivity contribution in [3.8, 4) is 0 Å². The van der Waals surface area contributed by atoms with E-state index in [-0.39, 0.29) is 25.7 Å². The van der Waals surface area contributed by atoms with E-state index >= 15 is 0 Å². The van der Waals surface area contributed by atoms with Gasteiger partial charge in [0.25, 0.3) is 0 Å². The van der Waals surface area contributed by atoms with Crippen molar-refractivity contribution in [3.63, 3.8) is 0 Å². The van der Waals surface area contributed by atoms with Crippen molar-refractivity contribution < 1.29 is 80.2 Å². The maximum absolute atomic E-state index is 13.0. The third-order valence-corrected chi connectivity index (χ3v) is 19.3. The molecular formula is C74H144O17P2. The Morgan fingerprint density at radius 1 is 0.301 bits per heavy atom. The Kier molecular flexibility index (Phi) is 62.2. The van der Waals surface area contributed by atoms with Gasteiger partial charge in [-0.3, -0.25) is 37.3 Å². The zero-order chi connectivity index (χ0) is 68.9. The van der Waals surface area contributed by atoms with E-state index in [4.69, 9.17) is 37.0 Å². The summed E-state index contributed by atoms with van der Waals surface area (Å²) in [5.74, 6) is 0.890. The van der Waals surface area contributed by atoms with Crippen molar-refractivity contribution >= 4 is 39.5 Å². The van der Waals surface area contributed by atoms with Crippen LogP contribution >= 0.6 is 15.6 Å². The Morgan fingerprint density at radius 3 is 0.763 bits per heavy atom. The van der Waals surface area contributed by atoms with Crippen LogP contribution in [-0.4, -0.2) is 96.7 Å². The van der Waals surface area contributed by atoms with Crippen molar-refractivity contribution in [1.82, 2.24) is 0 Å². The van der Waals surface area contributed by atoms with E-state index in [0.717, 1.165) is 115 Å². The summed E-state index contributed by atoms with van der Waals surface area (Å²) in [5.41, 5.74) is 0. The summed E-state index contributed by atoms with van der Waals surface area (Å²) < 4.78 is 68.4. The van der Waals surface area contributed by atoms with Crippen LogP contribution in [0.3, 0.4) is 0 Å². The topological polar surface area (TPSA) is 237 Å². The molecule has 0 aromatic carbocycles. The predicted octanol–water partition coefficient (Wildman–Crippen LogP) is 21.3. The molecule has 0 radical (unpaired) electrons. The lowest BCUT2D eigenvalue weighted by Crippen LogP contribution is -2.30. The molecule has 0 aromatic heterocycles. The number of aliphatic hydroxyl groups is 1. The smallest absolute Gasteiger partial charge is 0.462 e. The van der Waals surface area contributed by atoms with E-state index in [2.05, 4.69) is 55.4 Å². The predicted molar refractivity (Wildman–Crippen MR) is 377 cm³/mol. The molecule has 0 spiro atoms. The number of carbonyl (C=O) groups excluding carboxylic acids is 4. The number of unbranched alkanes of at least 4 members (excludes halogenated alkanes) is 36. The Labute approximate surface area is 568 Å². The van der Waals surface area contributed by atoms with Crippen molar-refractivity contribution in [2.24, 2.45) is 23.7 Å². The molecule has 6 atom stereocenters. The van der Waals surface area contributed by atoms with Gasteiger partial charge in [0.05, 0.1) is 26.4 Å². The second-order valence-electron chi connectivity index (χ2n) is 28.4. The average molecular weight is 1370 g/mol. The first kappa shape index (κ1) is 91.1. The molecule has 552 valence electrons. The van der Waals surface area contributed by atoms with Crippen LogP contribution in [0.25, 0.3) is 0 Å². The summed E-state index contributed by atoms with van der Waals surface area (Å²) in [4.78, 5) is 72.6. The first-order valence-corrected chi connectivity index (χ1v) is 41.2. The van der Waals surface area contributed by atoms with E-state index in [9.17, 15) is 43.2 Å². The average Bonchev–Trinajstić information content (AvgIpc) is 3.65. The lowest BCUT2D eigenvalue weighted by molar-refractivity contribution is -0.161. The number of aliphatic hydroxyl groups excluding tert-OH is 1. The zero-order valence-corrected chi connectivity index (χ0v) is 62.7. The summed E-state index contributed by atoms with van der Waals surface area (Å²) >= 11 is 0. The molecule has 93 heavy (non-hydrogen) atoms. The van der Waals surface area contributed by atoms with E-state index in [1.54, 1.807) is 0 Å². The monoisotopic (exact) mass is 1370 g/mol. The summed E-state index contributed by atoms with van der Waals surface area (Å²) in [5, 5.41) is 10.6. The second kappa shape index (κ2) is 63.5. The van der Waals surface area contributed by atoms with Gasteiger partial charge in [-0.1, -0.05) is 319 Å². The number of hydrogen-bond acceptors (Lipinski definition) is 15.